The fourth-order valence-corrected chi connectivity index (χ4v) is 6.82. The van der Waals surface area contributed by atoms with E-state index in [1.807, 2.05) is 50.2 Å². The van der Waals surface area contributed by atoms with Gasteiger partial charge in [-0.2, -0.15) is 0 Å². The Labute approximate surface area is 217 Å². The number of para-hydroxylation sites is 3. The van der Waals surface area contributed by atoms with Gasteiger partial charge < -0.3 is 0 Å². The number of imide groups is 1. The molecule has 184 valence electrons. The predicted molar refractivity (Wildman–Crippen MR) is 141 cm³/mol. The van der Waals surface area contributed by atoms with Crippen molar-refractivity contribution in [3.05, 3.63) is 99.6 Å². The molecule has 0 saturated carbocycles. The highest BCUT2D eigenvalue weighted by Crippen LogP contribution is 2.56. The van der Waals surface area contributed by atoms with Crippen LogP contribution in [-0.4, -0.2) is 27.4 Å². The second-order valence-electron chi connectivity index (χ2n) is 10.3. The predicted octanol–water partition coefficient (Wildman–Crippen LogP) is 4.03. The summed E-state index contributed by atoms with van der Waals surface area (Å²) in [5, 5.41) is 4.53. The molecule has 1 N–H and O–H groups in total. The van der Waals surface area contributed by atoms with Crippen molar-refractivity contribution in [2.75, 3.05) is 4.90 Å². The molecule has 0 bridgehead atoms. The van der Waals surface area contributed by atoms with Crippen molar-refractivity contribution in [3.8, 4) is 5.69 Å². The first-order valence-electron chi connectivity index (χ1n) is 12.4. The van der Waals surface area contributed by atoms with Crippen LogP contribution in [0, 0.1) is 17.8 Å². The molecule has 4 heterocycles. The van der Waals surface area contributed by atoms with E-state index in [9.17, 15) is 14.4 Å². The van der Waals surface area contributed by atoms with Gasteiger partial charge >= 0.3 is 0 Å². The molecule has 2 amide bonds. The number of rotatable bonds is 2. The van der Waals surface area contributed by atoms with Gasteiger partial charge in [0.1, 0.15) is 11.4 Å². The van der Waals surface area contributed by atoms with Gasteiger partial charge in [0.25, 0.3) is 5.56 Å². The Morgan fingerprint density at radius 1 is 0.892 bits per heavy atom. The molecule has 3 aliphatic rings. The van der Waals surface area contributed by atoms with Crippen LogP contribution in [0.2, 0.25) is 5.02 Å². The number of carbonyl (C=O) groups is 2. The number of anilines is 1. The minimum atomic E-state index is -1.15. The third-order valence-corrected chi connectivity index (χ3v) is 8.43. The van der Waals surface area contributed by atoms with Crippen molar-refractivity contribution >= 4 is 40.0 Å². The molecule has 7 rings (SSSR count). The second kappa shape index (κ2) is 7.60. The summed E-state index contributed by atoms with van der Waals surface area (Å²) in [5.41, 5.74) is 1.03. The van der Waals surface area contributed by atoms with E-state index >= 15 is 0 Å². The molecule has 0 radical (unpaired) electrons. The van der Waals surface area contributed by atoms with Crippen LogP contribution in [0.15, 0.2) is 77.6 Å². The summed E-state index contributed by atoms with van der Waals surface area (Å²) < 4.78 is 1.61. The van der Waals surface area contributed by atoms with Gasteiger partial charge in [0.15, 0.2) is 0 Å². The Bertz CT molecular complexity index is 1710. The second-order valence-corrected chi connectivity index (χ2v) is 10.7. The Morgan fingerprint density at radius 3 is 2.32 bits per heavy atom. The summed E-state index contributed by atoms with van der Waals surface area (Å²) >= 11 is 6.47. The number of nitrogens with one attached hydrogen (secondary N) is 1. The number of nitrogens with zero attached hydrogens (tertiary/aromatic N) is 3. The van der Waals surface area contributed by atoms with Gasteiger partial charge in [-0.05, 0) is 36.2 Å². The summed E-state index contributed by atoms with van der Waals surface area (Å²) in [6.07, 6.45) is 0. The van der Waals surface area contributed by atoms with E-state index in [4.69, 9.17) is 16.6 Å². The first kappa shape index (κ1) is 22.4. The van der Waals surface area contributed by atoms with Gasteiger partial charge in [0.2, 0.25) is 11.8 Å². The molecule has 4 aromatic rings. The van der Waals surface area contributed by atoms with E-state index in [1.165, 1.54) is 4.90 Å². The number of carbonyl (C=O) groups excluding carboxylic acids is 2. The lowest BCUT2D eigenvalue weighted by atomic mass is 9.75. The van der Waals surface area contributed by atoms with Crippen LogP contribution in [0.4, 0.5) is 5.69 Å². The lowest BCUT2D eigenvalue weighted by Crippen LogP contribution is -2.51. The van der Waals surface area contributed by atoms with Crippen molar-refractivity contribution in [2.24, 2.45) is 17.8 Å². The molecule has 0 aliphatic carbocycles. The molecule has 37 heavy (non-hydrogen) atoms. The van der Waals surface area contributed by atoms with E-state index in [2.05, 4.69) is 5.32 Å². The number of aromatic nitrogens is 2. The van der Waals surface area contributed by atoms with Gasteiger partial charge in [0, 0.05) is 11.6 Å². The largest absolute Gasteiger partial charge is 0.296 e. The highest BCUT2D eigenvalue weighted by atomic mass is 35.5. The SMILES string of the molecule is CC(C)[C@@H]1N[C@]2(c3ccccc3-n3c2nc2ccccc2c3=O)[C@H]2C(=O)N(c3ccccc3Cl)C(=O)[C@@H]12. The van der Waals surface area contributed by atoms with Gasteiger partial charge in [-0.25, -0.2) is 9.88 Å². The van der Waals surface area contributed by atoms with Crippen LogP contribution >= 0.6 is 11.6 Å². The number of hydrogen-bond donors (Lipinski definition) is 1. The average molecular weight is 511 g/mol. The van der Waals surface area contributed by atoms with Crippen LogP contribution in [-0.2, 0) is 15.1 Å². The number of halogens is 1. The Kier molecular flexibility index (Phi) is 4.60. The topological polar surface area (TPSA) is 84.3 Å². The Balaban J connectivity index is 1.55. The molecule has 2 saturated heterocycles. The van der Waals surface area contributed by atoms with Crippen LogP contribution in [0.5, 0.6) is 0 Å². The van der Waals surface area contributed by atoms with E-state index in [0.717, 1.165) is 5.56 Å². The molecule has 1 aromatic heterocycles. The van der Waals surface area contributed by atoms with Crippen LogP contribution in [0.25, 0.3) is 16.6 Å². The molecule has 3 aliphatic heterocycles. The molecular formula is C29H23ClN4O3. The number of fused-ring (bicyclic) bond motifs is 8. The maximum absolute atomic E-state index is 14.3. The van der Waals surface area contributed by atoms with Crippen molar-refractivity contribution in [3.63, 3.8) is 0 Å². The molecule has 7 nitrogen and oxygen atoms in total. The molecule has 1 spiro atoms. The quantitative estimate of drug-likeness (QED) is 0.412. The lowest BCUT2D eigenvalue weighted by molar-refractivity contribution is -0.123. The summed E-state index contributed by atoms with van der Waals surface area (Å²) in [4.78, 5) is 48.4. The standard InChI is InChI=1S/C29H23ClN4O3/c1-15(2)24-22-23(27(37)33(26(22)36)21-14-8-5-11-18(21)30)29(32-24)17-10-4-7-13-20(17)34-25(35)16-9-3-6-12-19(16)31-28(29)34/h3-15,22-24,32H,1-2H3/t22-,23-,24+,29-/m1/s1. The van der Waals surface area contributed by atoms with Gasteiger partial charge in [0.05, 0.1) is 39.1 Å². The molecular weight excluding hydrogens is 488 g/mol. The summed E-state index contributed by atoms with van der Waals surface area (Å²) in [5.74, 6) is -1.60. The minimum absolute atomic E-state index is 0.0308. The van der Waals surface area contributed by atoms with E-state index in [0.29, 0.717) is 33.1 Å². The zero-order valence-corrected chi connectivity index (χ0v) is 20.9. The fraction of sp³-hybridized carbons (Fsp3) is 0.241. The Morgan fingerprint density at radius 2 is 1.57 bits per heavy atom. The van der Waals surface area contributed by atoms with Crippen molar-refractivity contribution in [1.29, 1.82) is 0 Å². The highest BCUT2D eigenvalue weighted by Gasteiger charge is 2.70. The van der Waals surface area contributed by atoms with Gasteiger partial charge in [-0.1, -0.05) is 67.9 Å². The van der Waals surface area contributed by atoms with Gasteiger partial charge in [-0.3, -0.25) is 24.3 Å². The molecule has 8 heteroatoms. The average Bonchev–Trinajstić information content (AvgIpc) is 3.49. The third kappa shape index (κ3) is 2.70. The van der Waals surface area contributed by atoms with Crippen molar-refractivity contribution in [2.45, 2.75) is 25.4 Å². The van der Waals surface area contributed by atoms with Gasteiger partial charge in [-0.15, -0.1) is 0 Å². The molecule has 4 atom stereocenters. The summed E-state index contributed by atoms with van der Waals surface area (Å²) in [6.45, 7) is 4.07. The number of benzene rings is 3. The Hall–Kier alpha value is -3.81. The molecule has 2 fully saturated rings. The molecule has 3 aromatic carbocycles. The van der Waals surface area contributed by atoms with E-state index < -0.39 is 17.4 Å². The van der Waals surface area contributed by atoms with E-state index in [1.54, 1.807) is 41.0 Å². The summed E-state index contributed by atoms with van der Waals surface area (Å²) in [7, 11) is 0. The number of hydrogen-bond acceptors (Lipinski definition) is 5. The smallest absolute Gasteiger partial charge is 0.266 e. The monoisotopic (exact) mass is 510 g/mol. The highest BCUT2D eigenvalue weighted by molar-refractivity contribution is 6.36. The maximum Gasteiger partial charge on any atom is 0.266 e. The van der Waals surface area contributed by atoms with Crippen LogP contribution < -0.4 is 15.8 Å². The van der Waals surface area contributed by atoms with Crippen LogP contribution in [0.1, 0.15) is 25.2 Å². The maximum atomic E-state index is 14.3. The van der Waals surface area contributed by atoms with Crippen molar-refractivity contribution in [1.82, 2.24) is 14.9 Å². The van der Waals surface area contributed by atoms with Crippen LogP contribution in [0.3, 0.4) is 0 Å². The number of amides is 2. The zero-order valence-electron chi connectivity index (χ0n) is 20.2. The first-order valence-corrected chi connectivity index (χ1v) is 12.8. The normalized spacial score (nSPS) is 25.8. The first-order chi connectivity index (χ1) is 17.9. The minimum Gasteiger partial charge on any atom is -0.296 e. The molecule has 0 unspecified atom stereocenters. The van der Waals surface area contributed by atoms with E-state index in [-0.39, 0.29) is 29.3 Å². The summed E-state index contributed by atoms with van der Waals surface area (Å²) in [6, 6.07) is 21.3. The lowest BCUT2D eigenvalue weighted by Gasteiger charge is -2.32. The zero-order chi connectivity index (χ0) is 25.6. The third-order valence-electron chi connectivity index (χ3n) is 8.11. The fourth-order valence-electron chi connectivity index (χ4n) is 6.59. The van der Waals surface area contributed by atoms with Crippen molar-refractivity contribution < 1.29 is 9.59 Å².